The van der Waals surface area contributed by atoms with Crippen molar-refractivity contribution in [3.05, 3.63) is 23.8 Å². The lowest BCUT2D eigenvalue weighted by Crippen LogP contribution is -2.50. The van der Waals surface area contributed by atoms with Crippen LogP contribution in [0.15, 0.2) is 23.2 Å². The van der Waals surface area contributed by atoms with Gasteiger partial charge in [0.25, 0.3) is 0 Å². The molecule has 174 valence electrons. The average Bonchev–Trinajstić information content (AvgIpc) is 3.26. The van der Waals surface area contributed by atoms with Crippen LogP contribution in [0.25, 0.3) is 0 Å². The maximum Gasteiger partial charge on any atom is 0.314 e. The number of nitrogens with one attached hydrogen (secondary N) is 2. The molecule has 0 unspecified atom stereocenters. The van der Waals surface area contributed by atoms with E-state index in [9.17, 15) is 4.79 Å². The SMILES string of the molecule is CCNC(=NCc1cccc(OC)c1OC1CCCC1)NC1CCN(C(N)=O)CC1.I. The van der Waals surface area contributed by atoms with E-state index in [-0.39, 0.29) is 42.2 Å². The molecular weight excluding hydrogens is 509 g/mol. The molecule has 1 aromatic rings. The van der Waals surface area contributed by atoms with Gasteiger partial charge in [0.05, 0.1) is 19.8 Å². The van der Waals surface area contributed by atoms with Crippen molar-refractivity contribution in [1.29, 1.82) is 0 Å². The lowest BCUT2D eigenvalue weighted by atomic mass is 10.1. The summed E-state index contributed by atoms with van der Waals surface area (Å²) in [5.74, 6) is 2.33. The summed E-state index contributed by atoms with van der Waals surface area (Å²) in [7, 11) is 1.67. The first-order chi connectivity index (χ1) is 14.6. The van der Waals surface area contributed by atoms with Crippen LogP contribution in [0, 0.1) is 0 Å². The molecule has 0 atom stereocenters. The number of halogens is 1. The van der Waals surface area contributed by atoms with E-state index >= 15 is 0 Å². The summed E-state index contributed by atoms with van der Waals surface area (Å²) in [6.45, 7) is 4.65. The second-order valence-corrected chi connectivity index (χ2v) is 7.91. The van der Waals surface area contributed by atoms with Gasteiger partial charge in [0, 0.05) is 31.2 Å². The summed E-state index contributed by atoms with van der Waals surface area (Å²) >= 11 is 0. The number of methoxy groups -OCH3 is 1. The molecular formula is C22H36IN5O3. The number of likely N-dealkylation sites (tertiary alicyclic amines) is 1. The minimum Gasteiger partial charge on any atom is -0.493 e. The van der Waals surface area contributed by atoms with Gasteiger partial charge >= 0.3 is 6.03 Å². The number of hydrogen-bond donors (Lipinski definition) is 3. The normalized spacial score (nSPS) is 17.7. The Labute approximate surface area is 202 Å². The molecule has 2 aliphatic rings. The van der Waals surface area contributed by atoms with Crippen LogP contribution in [0.3, 0.4) is 0 Å². The summed E-state index contributed by atoms with van der Waals surface area (Å²) in [6, 6.07) is 5.88. The van der Waals surface area contributed by atoms with Gasteiger partial charge in [-0.1, -0.05) is 12.1 Å². The number of carbonyl (C=O) groups excluding carboxylic acids is 1. The number of hydrogen-bond acceptors (Lipinski definition) is 4. The van der Waals surface area contributed by atoms with E-state index in [0.29, 0.717) is 19.6 Å². The van der Waals surface area contributed by atoms with Crippen molar-refractivity contribution < 1.29 is 14.3 Å². The molecule has 1 heterocycles. The number of carbonyl (C=O) groups is 1. The molecule has 1 aliphatic carbocycles. The first kappa shape index (κ1) is 25.4. The van der Waals surface area contributed by atoms with Gasteiger partial charge in [0.2, 0.25) is 0 Å². The molecule has 0 spiro atoms. The molecule has 9 heteroatoms. The van der Waals surface area contributed by atoms with Crippen LogP contribution >= 0.6 is 24.0 Å². The Balaban J connectivity index is 0.00000341. The summed E-state index contributed by atoms with van der Waals surface area (Å²) in [5, 5.41) is 6.81. The third-order valence-electron chi connectivity index (χ3n) is 5.77. The second-order valence-electron chi connectivity index (χ2n) is 7.91. The molecule has 31 heavy (non-hydrogen) atoms. The second kappa shape index (κ2) is 12.8. The van der Waals surface area contributed by atoms with Gasteiger partial charge in [-0.05, 0) is 51.5 Å². The van der Waals surface area contributed by atoms with Crippen molar-refractivity contribution >= 4 is 36.0 Å². The van der Waals surface area contributed by atoms with Crippen LogP contribution in [0.4, 0.5) is 4.79 Å². The number of piperidine rings is 1. The van der Waals surface area contributed by atoms with Crippen LogP contribution < -0.4 is 25.8 Å². The monoisotopic (exact) mass is 545 g/mol. The molecule has 1 aliphatic heterocycles. The van der Waals surface area contributed by atoms with Crippen molar-refractivity contribution in [3.63, 3.8) is 0 Å². The number of amides is 2. The Morgan fingerprint density at radius 1 is 1.23 bits per heavy atom. The predicted molar refractivity (Wildman–Crippen MR) is 133 cm³/mol. The van der Waals surface area contributed by atoms with E-state index in [0.717, 1.165) is 55.3 Å². The highest BCUT2D eigenvalue weighted by molar-refractivity contribution is 14.0. The van der Waals surface area contributed by atoms with Gasteiger partial charge in [-0.25, -0.2) is 9.79 Å². The number of urea groups is 1. The highest BCUT2D eigenvalue weighted by Crippen LogP contribution is 2.35. The lowest BCUT2D eigenvalue weighted by Gasteiger charge is -2.32. The van der Waals surface area contributed by atoms with Gasteiger partial charge in [-0.3, -0.25) is 0 Å². The molecule has 2 fully saturated rings. The Bertz CT molecular complexity index is 732. The summed E-state index contributed by atoms with van der Waals surface area (Å²) in [4.78, 5) is 17.8. The fourth-order valence-electron chi connectivity index (χ4n) is 4.07. The smallest absolute Gasteiger partial charge is 0.314 e. The Morgan fingerprint density at radius 3 is 2.55 bits per heavy atom. The van der Waals surface area contributed by atoms with E-state index in [1.165, 1.54) is 12.8 Å². The Hall–Kier alpha value is -1.91. The van der Waals surface area contributed by atoms with Crippen LogP contribution in [-0.2, 0) is 6.54 Å². The first-order valence-electron chi connectivity index (χ1n) is 11.0. The number of nitrogens with two attached hydrogens (primary N) is 1. The minimum absolute atomic E-state index is 0. The number of primary amides is 1. The highest BCUT2D eigenvalue weighted by Gasteiger charge is 2.23. The maximum absolute atomic E-state index is 11.3. The predicted octanol–water partition coefficient (Wildman–Crippen LogP) is 3.23. The van der Waals surface area contributed by atoms with E-state index in [4.69, 9.17) is 20.2 Å². The number of aliphatic imine (C=N–C) groups is 1. The Kier molecular flexibility index (Phi) is 10.5. The van der Waals surface area contributed by atoms with Crippen molar-refractivity contribution in [3.8, 4) is 11.5 Å². The number of nitrogens with zero attached hydrogens (tertiary/aromatic N) is 2. The molecule has 4 N–H and O–H groups in total. The molecule has 1 aromatic carbocycles. The van der Waals surface area contributed by atoms with Gasteiger partial charge in [0.1, 0.15) is 0 Å². The van der Waals surface area contributed by atoms with E-state index in [1.54, 1.807) is 12.0 Å². The van der Waals surface area contributed by atoms with Gasteiger partial charge in [-0.2, -0.15) is 0 Å². The minimum atomic E-state index is -0.346. The molecule has 1 saturated heterocycles. The third kappa shape index (κ3) is 7.33. The number of rotatable bonds is 7. The molecule has 2 amide bonds. The van der Waals surface area contributed by atoms with Crippen molar-refractivity contribution in [1.82, 2.24) is 15.5 Å². The zero-order chi connectivity index (χ0) is 21.3. The fourth-order valence-corrected chi connectivity index (χ4v) is 4.07. The van der Waals surface area contributed by atoms with E-state index < -0.39 is 0 Å². The number of para-hydroxylation sites is 1. The Morgan fingerprint density at radius 2 is 1.94 bits per heavy atom. The first-order valence-corrected chi connectivity index (χ1v) is 11.0. The molecule has 3 rings (SSSR count). The van der Waals surface area contributed by atoms with Gasteiger partial charge in [0.15, 0.2) is 17.5 Å². The number of benzene rings is 1. The molecule has 0 bridgehead atoms. The van der Waals surface area contributed by atoms with Crippen LogP contribution in [-0.4, -0.2) is 55.8 Å². The zero-order valence-electron chi connectivity index (χ0n) is 18.6. The van der Waals surface area contributed by atoms with Gasteiger partial charge < -0.3 is 30.7 Å². The fraction of sp³-hybridized carbons (Fsp3) is 0.636. The van der Waals surface area contributed by atoms with Crippen molar-refractivity contribution in [2.75, 3.05) is 26.7 Å². The standard InChI is InChI=1S/C22H35N5O3.HI/c1-3-24-22(26-17-11-13-27(14-12-17)21(23)28)25-15-16-7-6-10-19(29-2)20(16)30-18-8-4-5-9-18;/h6-7,10,17-18H,3-5,8-9,11-15H2,1-2H3,(H2,23,28)(H2,24,25,26);1H. The molecule has 1 saturated carbocycles. The van der Waals surface area contributed by atoms with Crippen LogP contribution in [0.5, 0.6) is 11.5 Å². The van der Waals surface area contributed by atoms with Crippen LogP contribution in [0.2, 0.25) is 0 Å². The van der Waals surface area contributed by atoms with Gasteiger partial charge in [-0.15, -0.1) is 24.0 Å². The number of guanidine groups is 1. The average molecular weight is 545 g/mol. The molecule has 0 aromatic heterocycles. The zero-order valence-corrected chi connectivity index (χ0v) is 20.9. The number of ether oxygens (including phenoxy) is 2. The third-order valence-corrected chi connectivity index (χ3v) is 5.77. The summed E-state index contributed by atoms with van der Waals surface area (Å²) < 4.78 is 11.9. The summed E-state index contributed by atoms with van der Waals surface area (Å²) in [5.41, 5.74) is 6.39. The largest absolute Gasteiger partial charge is 0.493 e. The highest BCUT2D eigenvalue weighted by atomic mass is 127. The lowest BCUT2D eigenvalue weighted by molar-refractivity contribution is 0.188. The van der Waals surface area contributed by atoms with Crippen molar-refractivity contribution in [2.24, 2.45) is 10.7 Å². The topological polar surface area (TPSA) is 101 Å². The maximum atomic E-state index is 11.3. The van der Waals surface area contributed by atoms with E-state index in [2.05, 4.69) is 10.6 Å². The van der Waals surface area contributed by atoms with E-state index in [1.807, 2.05) is 25.1 Å². The van der Waals surface area contributed by atoms with Crippen molar-refractivity contribution in [2.45, 2.75) is 64.1 Å². The molecule has 8 nitrogen and oxygen atoms in total. The van der Waals surface area contributed by atoms with Crippen LogP contribution in [0.1, 0.15) is 51.0 Å². The quantitative estimate of drug-likeness (QED) is 0.278. The molecule has 0 radical (unpaired) electrons. The summed E-state index contributed by atoms with van der Waals surface area (Å²) in [6.07, 6.45) is 6.58.